The standard InChI is InChI=1S/C24H34N6O2/c1-23(2)12-20(30-22(32)28-15-19-9-5-7-11-26-19)13-24(3,16-23)17-29-21(31)27-14-18-8-4-6-10-25-18/h4-11,20H,12-17H2,1-3H3,(H2,27,29,31)(H2,28,30,32)/t20-,24-/m1/s1. The maximum atomic E-state index is 12.5. The molecule has 1 saturated carbocycles. The number of hydrogen-bond donors (Lipinski definition) is 4. The van der Waals surface area contributed by atoms with Gasteiger partial charge in [-0.2, -0.15) is 0 Å². The number of urea groups is 2. The van der Waals surface area contributed by atoms with Gasteiger partial charge in [-0.05, 0) is 54.4 Å². The van der Waals surface area contributed by atoms with Crippen LogP contribution < -0.4 is 21.3 Å². The van der Waals surface area contributed by atoms with Gasteiger partial charge in [0.2, 0.25) is 0 Å². The minimum atomic E-state index is -0.210. The van der Waals surface area contributed by atoms with Crippen LogP contribution in [0.4, 0.5) is 9.59 Å². The maximum Gasteiger partial charge on any atom is 0.315 e. The summed E-state index contributed by atoms with van der Waals surface area (Å²) in [6.07, 6.45) is 6.08. The Morgan fingerprint density at radius 3 is 2.03 bits per heavy atom. The van der Waals surface area contributed by atoms with Gasteiger partial charge < -0.3 is 21.3 Å². The number of nitrogens with one attached hydrogen (secondary N) is 4. The summed E-state index contributed by atoms with van der Waals surface area (Å²) in [5.74, 6) is 0. The Balaban J connectivity index is 1.48. The summed E-state index contributed by atoms with van der Waals surface area (Å²) in [7, 11) is 0. The molecule has 2 atom stereocenters. The van der Waals surface area contributed by atoms with Gasteiger partial charge in [0.15, 0.2) is 0 Å². The molecule has 8 heteroatoms. The lowest BCUT2D eigenvalue weighted by atomic mass is 9.62. The number of amides is 4. The van der Waals surface area contributed by atoms with Crippen molar-refractivity contribution in [3.8, 4) is 0 Å². The zero-order chi connectivity index (χ0) is 23.0. The number of carbonyl (C=O) groups is 2. The number of pyridine rings is 2. The minimum Gasteiger partial charge on any atom is -0.338 e. The number of nitrogens with zero attached hydrogens (tertiary/aromatic N) is 2. The van der Waals surface area contributed by atoms with E-state index in [1.807, 2.05) is 36.4 Å². The fourth-order valence-corrected chi connectivity index (χ4v) is 4.81. The second-order valence-corrected chi connectivity index (χ2v) is 9.76. The van der Waals surface area contributed by atoms with Crippen molar-refractivity contribution in [1.82, 2.24) is 31.2 Å². The topological polar surface area (TPSA) is 108 Å². The number of aromatic nitrogens is 2. The molecule has 4 N–H and O–H groups in total. The second-order valence-electron chi connectivity index (χ2n) is 9.76. The molecule has 8 nitrogen and oxygen atoms in total. The molecule has 0 bridgehead atoms. The quantitative estimate of drug-likeness (QED) is 0.532. The summed E-state index contributed by atoms with van der Waals surface area (Å²) in [6.45, 7) is 7.91. The van der Waals surface area contributed by atoms with Crippen molar-refractivity contribution in [3.05, 3.63) is 60.2 Å². The van der Waals surface area contributed by atoms with E-state index >= 15 is 0 Å². The zero-order valence-electron chi connectivity index (χ0n) is 19.1. The lowest BCUT2D eigenvalue weighted by molar-refractivity contribution is 0.0749. The average molecular weight is 439 g/mol. The first-order chi connectivity index (χ1) is 15.2. The summed E-state index contributed by atoms with van der Waals surface area (Å²) in [6, 6.07) is 10.9. The molecule has 1 fully saturated rings. The van der Waals surface area contributed by atoms with Gasteiger partial charge in [0, 0.05) is 25.0 Å². The molecular formula is C24H34N6O2. The lowest BCUT2D eigenvalue weighted by Gasteiger charge is -2.46. The molecule has 3 rings (SSSR count). The van der Waals surface area contributed by atoms with Gasteiger partial charge in [0.1, 0.15) is 0 Å². The van der Waals surface area contributed by atoms with E-state index < -0.39 is 0 Å². The third-order valence-corrected chi connectivity index (χ3v) is 5.77. The molecule has 0 radical (unpaired) electrons. The molecule has 0 unspecified atom stereocenters. The normalized spacial score (nSPS) is 21.9. The number of rotatable bonds is 7. The summed E-state index contributed by atoms with van der Waals surface area (Å²) < 4.78 is 0. The molecule has 32 heavy (non-hydrogen) atoms. The summed E-state index contributed by atoms with van der Waals surface area (Å²) in [5, 5.41) is 11.9. The fraction of sp³-hybridized carbons (Fsp3) is 0.500. The maximum absolute atomic E-state index is 12.5. The van der Waals surface area contributed by atoms with Gasteiger partial charge >= 0.3 is 12.1 Å². The highest BCUT2D eigenvalue weighted by atomic mass is 16.2. The zero-order valence-corrected chi connectivity index (χ0v) is 19.1. The Kier molecular flexibility index (Phi) is 7.66. The van der Waals surface area contributed by atoms with Crippen LogP contribution in [0.5, 0.6) is 0 Å². The van der Waals surface area contributed by atoms with Crippen LogP contribution in [-0.2, 0) is 13.1 Å². The van der Waals surface area contributed by atoms with Crippen molar-refractivity contribution in [2.45, 2.75) is 59.2 Å². The highest BCUT2D eigenvalue weighted by molar-refractivity contribution is 5.74. The van der Waals surface area contributed by atoms with E-state index in [0.29, 0.717) is 19.6 Å². The van der Waals surface area contributed by atoms with Crippen molar-refractivity contribution < 1.29 is 9.59 Å². The van der Waals surface area contributed by atoms with E-state index in [1.54, 1.807) is 12.4 Å². The van der Waals surface area contributed by atoms with Crippen LogP contribution in [-0.4, -0.2) is 34.6 Å². The van der Waals surface area contributed by atoms with Crippen LogP contribution in [0.3, 0.4) is 0 Å². The van der Waals surface area contributed by atoms with Gasteiger partial charge in [0.05, 0.1) is 24.5 Å². The highest BCUT2D eigenvalue weighted by Crippen LogP contribution is 2.45. The molecule has 0 saturated heterocycles. The predicted molar refractivity (Wildman–Crippen MR) is 124 cm³/mol. The van der Waals surface area contributed by atoms with Crippen molar-refractivity contribution in [1.29, 1.82) is 0 Å². The summed E-state index contributed by atoms with van der Waals surface area (Å²) in [5.41, 5.74) is 1.56. The van der Waals surface area contributed by atoms with Crippen LogP contribution >= 0.6 is 0 Å². The van der Waals surface area contributed by atoms with E-state index in [-0.39, 0.29) is 28.9 Å². The monoisotopic (exact) mass is 438 g/mol. The first-order valence-electron chi connectivity index (χ1n) is 11.1. The molecule has 0 aliphatic heterocycles. The Morgan fingerprint density at radius 1 is 0.875 bits per heavy atom. The van der Waals surface area contributed by atoms with Crippen molar-refractivity contribution in [2.75, 3.05) is 6.54 Å². The van der Waals surface area contributed by atoms with Crippen LogP contribution in [0.1, 0.15) is 51.4 Å². The molecule has 2 aromatic rings. The van der Waals surface area contributed by atoms with Gasteiger partial charge in [0.25, 0.3) is 0 Å². The highest BCUT2D eigenvalue weighted by Gasteiger charge is 2.41. The Morgan fingerprint density at radius 2 is 1.47 bits per heavy atom. The molecule has 0 aromatic carbocycles. The van der Waals surface area contributed by atoms with Crippen molar-refractivity contribution >= 4 is 12.1 Å². The van der Waals surface area contributed by atoms with Crippen LogP contribution in [0, 0.1) is 10.8 Å². The molecule has 4 amide bonds. The molecule has 2 aromatic heterocycles. The van der Waals surface area contributed by atoms with E-state index in [9.17, 15) is 9.59 Å². The van der Waals surface area contributed by atoms with Gasteiger partial charge in [-0.1, -0.05) is 32.9 Å². The Bertz CT molecular complexity index is 890. The largest absolute Gasteiger partial charge is 0.338 e. The minimum absolute atomic E-state index is 0.0332. The number of hydrogen-bond acceptors (Lipinski definition) is 4. The summed E-state index contributed by atoms with van der Waals surface area (Å²) >= 11 is 0. The first-order valence-corrected chi connectivity index (χ1v) is 11.1. The Labute approximate surface area is 190 Å². The lowest BCUT2D eigenvalue weighted by Crippen LogP contribution is -2.52. The molecule has 2 heterocycles. The molecule has 172 valence electrons. The predicted octanol–water partition coefficient (Wildman–Crippen LogP) is 3.36. The third-order valence-electron chi connectivity index (χ3n) is 5.77. The van der Waals surface area contributed by atoms with Gasteiger partial charge in [-0.15, -0.1) is 0 Å². The molecule has 1 aliphatic rings. The van der Waals surface area contributed by atoms with Gasteiger partial charge in [-0.3, -0.25) is 9.97 Å². The third kappa shape index (κ3) is 7.51. The molecule has 0 spiro atoms. The fourth-order valence-electron chi connectivity index (χ4n) is 4.81. The summed E-state index contributed by atoms with van der Waals surface area (Å²) in [4.78, 5) is 33.2. The van der Waals surface area contributed by atoms with E-state index in [1.165, 1.54) is 0 Å². The van der Waals surface area contributed by atoms with Crippen LogP contribution in [0.15, 0.2) is 48.8 Å². The smallest absolute Gasteiger partial charge is 0.315 e. The Hall–Kier alpha value is -3.16. The van der Waals surface area contributed by atoms with E-state index in [0.717, 1.165) is 30.7 Å². The SMILES string of the molecule is CC1(C)C[C@@H](NC(=O)NCc2ccccn2)C[C@@](C)(CNC(=O)NCc2ccccn2)C1. The van der Waals surface area contributed by atoms with Crippen molar-refractivity contribution in [3.63, 3.8) is 0 Å². The van der Waals surface area contributed by atoms with Crippen LogP contribution in [0.2, 0.25) is 0 Å². The van der Waals surface area contributed by atoms with E-state index in [4.69, 9.17) is 0 Å². The van der Waals surface area contributed by atoms with Crippen molar-refractivity contribution in [2.24, 2.45) is 10.8 Å². The van der Waals surface area contributed by atoms with Gasteiger partial charge in [-0.25, -0.2) is 9.59 Å². The first kappa shape index (κ1) is 23.5. The second kappa shape index (κ2) is 10.4. The van der Waals surface area contributed by atoms with Crippen LogP contribution in [0.25, 0.3) is 0 Å². The number of carbonyl (C=O) groups excluding carboxylic acids is 2. The van der Waals surface area contributed by atoms with E-state index in [2.05, 4.69) is 52.0 Å². The molecule has 1 aliphatic carbocycles. The molecular weight excluding hydrogens is 404 g/mol. The average Bonchev–Trinajstić information content (AvgIpc) is 2.75.